The van der Waals surface area contributed by atoms with Crippen molar-refractivity contribution in [2.24, 2.45) is 0 Å². The fourth-order valence-electron chi connectivity index (χ4n) is 1.31. The molecule has 2 N–H and O–H groups in total. The van der Waals surface area contributed by atoms with Crippen molar-refractivity contribution in [1.29, 1.82) is 0 Å². The van der Waals surface area contributed by atoms with Crippen LogP contribution in [-0.4, -0.2) is 29.2 Å². The number of carboxylic acids is 1. The number of carboxylic acid groups (broad SMARTS) is 1. The Morgan fingerprint density at radius 3 is 2.40 bits per heavy atom. The summed E-state index contributed by atoms with van der Waals surface area (Å²) in [5, 5.41) is 10.3. The van der Waals surface area contributed by atoms with Crippen LogP contribution in [0.5, 0.6) is 0 Å². The summed E-state index contributed by atoms with van der Waals surface area (Å²) in [6, 6.07) is 0.985. The Labute approximate surface area is 118 Å². The van der Waals surface area contributed by atoms with Gasteiger partial charge in [0.15, 0.2) is 0 Å². The first kappa shape index (κ1) is 16.4. The van der Waals surface area contributed by atoms with Crippen LogP contribution in [-0.2, 0) is 4.79 Å². The molecular formula is C11H8BrF4NO3. The number of hydrogen-bond donors (Lipinski definition) is 2. The van der Waals surface area contributed by atoms with Gasteiger partial charge in [0.25, 0.3) is 5.91 Å². The predicted molar refractivity (Wildman–Crippen MR) is 63.7 cm³/mol. The molecule has 1 atom stereocenters. The Hall–Kier alpha value is -1.64. The highest BCUT2D eigenvalue weighted by molar-refractivity contribution is 9.10. The van der Waals surface area contributed by atoms with E-state index < -0.39 is 36.3 Å². The minimum Gasteiger partial charge on any atom is -0.480 e. The van der Waals surface area contributed by atoms with E-state index in [-0.39, 0.29) is 10.0 Å². The molecule has 1 rings (SSSR count). The lowest BCUT2D eigenvalue weighted by Gasteiger charge is -2.16. The molecule has 1 amide bonds. The fraction of sp³-hybridized carbons (Fsp3) is 0.273. The van der Waals surface area contributed by atoms with Gasteiger partial charge in [-0.2, -0.15) is 13.2 Å². The minimum atomic E-state index is -4.75. The summed E-state index contributed by atoms with van der Waals surface area (Å²) in [5.41, 5.74) is -0.279. The number of carbonyl (C=O) groups excluding carboxylic acids is 1. The van der Waals surface area contributed by atoms with E-state index in [4.69, 9.17) is 5.11 Å². The zero-order chi connectivity index (χ0) is 15.5. The molecule has 4 nitrogen and oxygen atoms in total. The smallest absolute Gasteiger partial charge is 0.391 e. The third-order valence-corrected chi connectivity index (χ3v) is 2.86. The van der Waals surface area contributed by atoms with Gasteiger partial charge in [-0.15, -0.1) is 0 Å². The maximum atomic E-state index is 13.2. The van der Waals surface area contributed by atoms with Gasteiger partial charge in [0, 0.05) is 5.56 Å². The van der Waals surface area contributed by atoms with Crippen molar-refractivity contribution >= 4 is 27.8 Å². The molecule has 1 unspecified atom stereocenters. The predicted octanol–water partition coefficient (Wildman–Crippen LogP) is 2.72. The number of halogens is 5. The van der Waals surface area contributed by atoms with Crippen LogP contribution in [0.3, 0.4) is 0 Å². The van der Waals surface area contributed by atoms with Gasteiger partial charge < -0.3 is 10.4 Å². The maximum absolute atomic E-state index is 13.2. The molecule has 0 aliphatic heterocycles. The second-order valence-electron chi connectivity index (χ2n) is 3.81. The van der Waals surface area contributed by atoms with Crippen LogP contribution in [0.4, 0.5) is 17.6 Å². The average molecular weight is 358 g/mol. The van der Waals surface area contributed by atoms with E-state index in [9.17, 15) is 27.2 Å². The molecule has 0 bridgehead atoms. The number of nitrogens with one attached hydrogen (secondary N) is 1. The Morgan fingerprint density at radius 1 is 1.35 bits per heavy atom. The quantitative estimate of drug-likeness (QED) is 0.814. The van der Waals surface area contributed by atoms with E-state index in [1.807, 2.05) is 0 Å². The highest BCUT2D eigenvalue weighted by Gasteiger charge is 2.36. The van der Waals surface area contributed by atoms with E-state index >= 15 is 0 Å². The van der Waals surface area contributed by atoms with E-state index in [1.54, 1.807) is 5.32 Å². The molecule has 110 valence electrons. The number of alkyl halides is 3. The lowest BCUT2D eigenvalue weighted by atomic mass is 10.1. The number of hydrogen-bond acceptors (Lipinski definition) is 2. The van der Waals surface area contributed by atoms with Crippen LogP contribution in [0.25, 0.3) is 0 Å². The summed E-state index contributed by atoms with van der Waals surface area (Å²) in [4.78, 5) is 22.3. The van der Waals surface area contributed by atoms with Gasteiger partial charge in [-0.25, -0.2) is 9.18 Å². The molecule has 0 aromatic heterocycles. The molecule has 0 saturated heterocycles. The second kappa shape index (κ2) is 6.21. The molecule has 1 aromatic rings. The molecule has 20 heavy (non-hydrogen) atoms. The van der Waals surface area contributed by atoms with E-state index in [1.165, 1.54) is 6.07 Å². The van der Waals surface area contributed by atoms with Crippen molar-refractivity contribution in [3.8, 4) is 0 Å². The van der Waals surface area contributed by atoms with Crippen LogP contribution in [0, 0.1) is 5.82 Å². The molecule has 9 heteroatoms. The van der Waals surface area contributed by atoms with Crippen molar-refractivity contribution < 1.29 is 32.3 Å². The molecule has 0 aliphatic rings. The number of rotatable bonds is 4. The van der Waals surface area contributed by atoms with Crippen molar-refractivity contribution in [2.45, 2.75) is 18.6 Å². The zero-order valence-electron chi connectivity index (χ0n) is 9.67. The van der Waals surface area contributed by atoms with Crippen molar-refractivity contribution in [1.82, 2.24) is 5.32 Å². The van der Waals surface area contributed by atoms with Crippen LogP contribution in [0.2, 0.25) is 0 Å². The SMILES string of the molecule is O=C(NC(CC(F)(F)F)C(=O)O)c1ccc(Br)c(F)c1. The Balaban J connectivity index is 2.85. The average Bonchev–Trinajstić information content (AvgIpc) is 2.29. The molecule has 0 spiro atoms. The number of aliphatic carboxylic acids is 1. The molecule has 0 aliphatic carbocycles. The van der Waals surface area contributed by atoms with Crippen LogP contribution >= 0.6 is 15.9 Å². The van der Waals surface area contributed by atoms with E-state index in [0.29, 0.717) is 0 Å². The van der Waals surface area contributed by atoms with E-state index in [2.05, 4.69) is 15.9 Å². The highest BCUT2D eigenvalue weighted by atomic mass is 79.9. The maximum Gasteiger partial charge on any atom is 0.391 e. The molecule has 0 radical (unpaired) electrons. The monoisotopic (exact) mass is 357 g/mol. The fourth-order valence-corrected chi connectivity index (χ4v) is 1.56. The first-order valence-electron chi connectivity index (χ1n) is 5.15. The lowest BCUT2D eigenvalue weighted by molar-refractivity contribution is -0.157. The van der Waals surface area contributed by atoms with Gasteiger partial charge >= 0.3 is 12.1 Å². The third kappa shape index (κ3) is 4.80. The zero-order valence-corrected chi connectivity index (χ0v) is 11.3. The summed E-state index contributed by atoms with van der Waals surface area (Å²) in [6.07, 6.45) is -6.46. The normalized spacial score (nSPS) is 12.8. The van der Waals surface area contributed by atoms with E-state index in [0.717, 1.165) is 12.1 Å². The van der Waals surface area contributed by atoms with Crippen LogP contribution < -0.4 is 5.32 Å². The largest absolute Gasteiger partial charge is 0.480 e. The molecule has 0 heterocycles. The number of amides is 1. The third-order valence-electron chi connectivity index (χ3n) is 2.22. The van der Waals surface area contributed by atoms with Crippen molar-refractivity contribution in [3.05, 3.63) is 34.1 Å². The van der Waals surface area contributed by atoms with Gasteiger partial charge in [0.05, 0.1) is 10.9 Å². The first-order chi connectivity index (χ1) is 9.10. The van der Waals surface area contributed by atoms with Crippen molar-refractivity contribution in [3.63, 3.8) is 0 Å². The number of carbonyl (C=O) groups is 2. The first-order valence-corrected chi connectivity index (χ1v) is 5.95. The number of benzene rings is 1. The summed E-state index contributed by atoms with van der Waals surface area (Å²) in [7, 11) is 0. The van der Waals surface area contributed by atoms with Gasteiger partial charge in [-0.3, -0.25) is 4.79 Å². The van der Waals surface area contributed by atoms with Gasteiger partial charge in [-0.05, 0) is 34.1 Å². The Bertz CT molecular complexity index is 533. The Kier molecular flexibility index (Phi) is 5.09. The summed E-state index contributed by atoms with van der Waals surface area (Å²) in [6.45, 7) is 0. The van der Waals surface area contributed by atoms with Gasteiger partial charge in [0.2, 0.25) is 0 Å². The lowest BCUT2D eigenvalue weighted by Crippen LogP contribution is -2.43. The topological polar surface area (TPSA) is 66.4 Å². The second-order valence-corrected chi connectivity index (χ2v) is 4.67. The summed E-state index contributed by atoms with van der Waals surface area (Å²) < 4.78 is 49.7. The van der Waals surface area contributed by atoms with Crippen LogP contribution in [0.1, 0.15) is 16.8 Å². The minimum absolute atomic E-state index is 0.0686. The highest BCUT2D eigenvalue weighted by Crippen LogP contribution is 2.22. The van der Waals surface area contributed by atoms with Gasteiger partial charge in [-0.1, -0.05) is 0 Å². The molecule has 0 saturated carbocycles. The Morgan fingerprint density at radius 2 is 1.95 bits per heavy atom. The standard InChI is InChI=1S/C11H8BrF4NO3/c12-6-2-1-5(3-7(6)13)9(18)17-8(10(19)20)4-11(14,15)16/h1-3,8H,4H2,(H,17,18)(H,19,20). The molecular weight excluding hydrogens is 350 g/mol. The summed E-state index contributed by atoms with van der Waals surface area (Å²) in [5.74, 6) is -3.72. The molecule has 1 aromatic carbocycles. The van der Waals surface area contributed by atoms with Gasteiger partial charge in [0.1, 0.15) is 11.9 Å². The molecule has 0 fully saturated rings. The summed E-state index contributed by atoms with van der Waals surface area (Å²) >= 11 is 2.84. The van der Waals surface area contributed by atoms with Crippen molar-refractivity contribution in [2.75, 3.05) is 0 Å². The van der Waals surface area contributed by atoms with Crippen LogP contribution in [0.15, 0.2) is 22.7 Å².